The van der Waals surface area contributed by atoms with Gasteiger partial charge in [-0.2, -0.15) is 0 Å². The highest BCUT2D eigenvalue weighted by Gasteiger charge is 2.24. The van der Waals surface area contributed by atoms with Gasteiger partial charge in [-0.1, -0.05) is 30.3 Å². The lowest BCUT2D eigenvalue weighted by Crippen LogP contribution is -2.48. The fourth-order valence-corrected chi connectivity index (χ4v) is 2.78. The zero-order valence-electron chi connectivity index (χ0n) is 12.7. The quantitative estimate of drug-likeness (QED) is 0.869. The van der Waals surface area contributed by atoms with Crippen LogP contribution in [-0.2, 0) is 6.54 Å². The van der Waals surface area contributed by atoms with Crippen LogP contribution in [0.15, 0.2) is 48.5 Å². The maximum Gasteiger partial charge on any atom is 0.257 e. The summed E-state index contributed by atoms with van der Waals surface area (Å²) in [6.45, 7) is 3.30. The highest BCUT2D eigenvalue weighted by molar-refractivity contribution is 5.94. The van der Waals surface area contributed by atoms with Gasteiger partial charge in [0.25, 0.3) is 5.91 Å². The van der Waals surface area contributed by atoms with E-state index >= 15 is 0 Å². The van der Waals surface area contributed by atoms with Gasteiger partial charge in [-0.25, -0.2) is 8.78 Å². The number of halogens is 2. The van der Waals surface area contributed by atoms with Crippen molar-refractivity contribution in [1.82, 2.24) is 9.80 Å². The molecule has 3 rings (SSSR count). The number of nitrogens with zero attached hydrogens (tertiary/aromatic N) is 2. The largest absolute Gasteiger partial charge is 0.336 e. The smallest absolute Gasteiger partial charge is 0.257 e. The Kier molecular flexibility index (Phi) is 4.67. The Morgan fingerprint density at radius 1 is 0.957 bits per heavy atom. The SMILES string of the molecule is O=C(c1cc(F)ccc1F)N1CCN(Cc2ccccc2)CC1. The number of benzene rings is 2. The Hall–Kier alpha value is -2.27. The summed E-state index contributed by atoms with van der Waals surface area (Å²) >= 11 is 0. The summed E-state index contributed by atoms with van der Waals surface area (Å²) < 4.78 is 26.9. The Balaban J connectivity index is 1.60. The van der Waals surface area contributed by atoms with Crippen molar-refractivity contribution >= 4 is 5.91 Å². The van der Waals surface area contributed by atoms with Gasteiger partial charge < -0.3 is 4.90 Å². The molecule has 0 N–H and O–H groups in total. The fourth-order valence-electron chi connectivity index (χ4n) is 2.78. The number of rotatable bonds is 3. The van der Waals surface area contributed by atoms with Crippen LogP contribution in [-0.4, -0.2) is 41.9 Å². The van der Waals surface area contributed by atoms with Crippen molar-refractivity contribution in [3.8, 4) is 0 Å². The summed E-state index contributed by atoms with van der Waals surface area (Å²) in [5.74, 6) is -1.72. The molecule has 1 saturated heterocycles. The highest BCUT2D eigenvalue weighted by Crippen LogP contribution is 2.15. The van der Waals surface area contributed by atoms with Crippen molar-refractivity contribution in [1.29, 1.82) is 0 Å². The van der Waals surface area contributed by atoms with Crippen molar-refractivity contribution in [2.45, 2.75) is 6.54 Å². The minimum absolute atomic E-state index is 0.193. The maximum atomic E-state index is 13.7. The number of carbonyl (C=O) groups excluding carboxylic acids is 1. The zero-order valence-corrected chi connectivity index (χ0v) is 12.7. The molecule has 2 aromatic carbocycles. The van der Waals surface area contributed by atoms with Gasteiger partial charge in [-0.3, -0.25) is 9.69 Å². The first-order valence-electron chi connectivity index (χ1n) is 7.64. The van der Waals surface area contributed by atoms with E-state index in [2.05, 4.69) is 17.0 Å². The molecule has 0 radical (unpaired) electrons. The van der Waals surface area contributed by atoms with Crippen LogP contribution in [0.2, 0.25) is 0 Å². The van der Waals surface area contributed by atoms with E-state index in [1.165, 1.54) is 5.56 Å². The Morgan fingerprint density at radius 3 is 2.35 bits per heavy atom. The van der Waals surface area contributed by atoms with Crippen LogP contribution in [0.5, 0.6) is 0 Å². The second-order valence-electron chi connectivity index (χ2n) is 5.68. The van der Waals surface area contributed by atoms with E-state index in [4.69, 9.17) is 0 Å². The van der Waals surface area contributed by atoms with Gasteiger partial charge in [0, 0.05) is 32.7 Å². The fraction of sp³-hybridized carbons (Fsp3) is 0.278. The van der Waals surface area contributed by atoms with Crippen LogP contribution in [0.1, 0.15) is 15.9 Å². The maximum absolute atomic E-state index is 13.7. The number of hydrogen-bond acceptors (Lipinski definition) is 2. The molecule has 5 heteroatoms. The predicted octanol–water partition coefficient (Wildman–Crippen LogP) is 2.92. The van der Waals surface area contributed by atoms with Crippen molar-refractivity contribution in [3.63, 3.8) is 0 Å². The third kappa shape index (κ3) is 3.74. The van der Waals surface area contributed by atoms with E-state index in [1.54, 1.807) is 4.90 Å². The van der Waals surface area contributed by atoms with Gasteiger partial charge in [-0.15, -0.1) is 0 Å². The first kappa shape index (κ1) is 15.6. The molecule has 0 atom stereocenters. The molecule has 0 bridgehead atoms. The summed E-state index contributed by atoms with van der Waals surface area (Å²) in [5.41, 5.74) is 1.03. The molecule has 1 fully saturated rings. The average molecular weight is 316 g/mol. The molecule has 23 heavy (non-hydrogen) atoms. The summed E-state index contributed by atoms with van der Waals surface area (Å²) in [4.78, 5) is 16.2. The van der Waals surface area contributed by atoms with Crippen molar-refractivity contribution in [2.75, 3.05) is 26.2 Å². The number of carbonyl (C=O) groups is 1. The van der Waals surface area contributed by atoms with E-state index in [0.29, 0.717) is 13.1 Å². The summed E-state index contributed by atoms with van der Waals surface area (Å²) in [6, 6.07) is 13.1. The summed E-state index contributed by atoms with van der Waals surface area (Å²) in [7, 11) is 0. The van der Waals surface area contributed by atoms with Crippen molar-refractivity contribution < 1.29 is 13.6 Å². The molecular weight excluding hydrogens is 298 g/mol. The number of piperazine rings is 1. The number of hydrogen-bond donors (Lipinski definition) is 0. The number of amides is 1. The van der Waals surface area contributed by atoms with E-state index < -0.39 is 17.5 Å². The molecule has 0 saturated carbocycles. The molecule has 1 aliphatic heterocycles. The van der Waals surface area contributed by atoms with Crippen molar-refractivity contribution in [3.05, 3.63) is 71.3 Å². The molecule has 0 unspecified atom stereocenters. The molecule has 0 spiro atoms. The Bertz CT molecular complexity index is 683. The van der Waals surface area contributed by atoms with E-state index in [9.17, 15) is 13.6 Å². The van der Waals surface area contributed by atoms with Crippen LogP contribution in [0, 0.1) is 11.6 Å². The van der Waals surface area contributed by atoms with E-state index in [1.807, 2.05) is 18.2 Å². The van der Waals surface area contributed by atoms with Crippen LogP contribution < -0.4 is 0 Å². The van der Waals surface area contributed by atoms with Gasteiger partial charge >= 0.3 is 0 Å². The van der Waals surface area contributed by atoms with Gasteiger partial charge in [0.2, 0.25) is 0 Å². The third-order valence-corrected chi connectivity index (χ3v) is 4.07. The molecule has 0 aliphatic carbocycles. The highest BCUT2D eigenvalue weighted by atomic mass is 19.1. The molecule has 3 nitrogen and oxygen atoms in total. The lowest BCUT2D eigenvalue weighted by molar-refractivity contribution is 0.0623. The van der Waals surface area contributed by atoms with Gasteiger partial charge in [0.1, 0.15) is 11.6 Å². The topological polar surface area (TPSA) is 23.6 Å². The van der Waals surface area contributed by atoms with Crippen LogP contribution in [0.4, 0.5) is 8.78 Å². The zero-order chi connectivity index (χ0) is 16.2. The summed E-state index contributed by atoms with van der Waals surface area (Å²) in [6.07, 6.45) is 0. The van der Waals surface area contributed by atoms with Crippen LogP contribution in [0.25, 0.3) is 0 Å². The average Bonchev–Trinajstić information content (AvgIpc) is 2.58. The molecular formula is C18H18F2N2O. The minimum atomic E-state index is -0.678. The molecule has 1 heterocycles. The van der Waals surface area contributed by atoms with E-state index in [0.717, 1.165) is 37.8 Å². The second-order valence-corrected chi connectivity index (χ2v) is 5.68. The van der Waals surface area contributed by atoms with Crippen molar-refractivity contribution in [2.24, 2.45) is 0 Å². The standard InChI is InChI=1S/C18H18F2N2O/c19-15-6-7-17(20)16(12-15)18(23)22-10-8-21(9-11-22)13-14-4-2-1-3-5-14/h1-7,12H,8-11,13H2. The van der Waals surface area contributed by atoms with Gasteiger partial charge in [0.05, 0.1) is 5.56 Å². The monoisotopic (exact) mass is 316 g/mol. The normalized spacial score (nSPS) is 15.7. The lowest BCUT2D eigenvalue weighted by atomic mass is 10.1. The lowest BCUT2D eigenvalue weighted by Gasteiger charge is -2.34. The minimum Gasteiger partial charge on any atom is -0.336 e. The van der Waals surface area contributed by atoms with Crippen LogP contribution >= 0.6 is 0 Å². The van der Waals surface area contributed by atoms with Crippen LogP contribution in [0.3, 0.4) is 0 Å². The Labute approximate surface area is 134 Å². The third-order valence-electron chi connectivity index (χ3n) is 4.07. The molecule has 120 valence electrons. The molecule has 0 aromatic heterocycles. The second kappa shape index (κ2) is 6.87. The predicted molar refractivity (Wildman–Crippen MR) is 84.0 cm³/mol. The van der Waals surface area contributed by atoms with Gasteiger partial charge in [-0.05, 0) is 23.8 Å². The van der Waals surface area contributed by atoms with E-state index in [-0.39, 0.29) is 5.56 Å². The molecule has 1 aliphatic rings. The van der Waals surface area contributed by atoms with Gasteiger partial charge in [0.15, 0.2) is 0 Å². The molecule has 1 amide bonds. The Morgan fingerprint density at radius 2 is 1.65 bits per heavy atom. The first-order chi connectivity index (χ1) is 11.1. The molecule has 2 aromatic rings. The first-order valence-corrected chi connectivity index (χ1v) is 7.64. The summed E-state index contributed by atoms with van der Waals surface area (Å²) in [5, 5.41) is 0.